The van der Waals surface area contributed by atoms with E-state index in [9.17, 15) is 24.3 Å². The molecule has 2 N–H and O–H groups in total. The predicted octanol–water partition coefficient (Wildman–Crippen LogP) is 8.91. The number of aromatic carboxylic acids is 1. The second kappa shape index (κ2) is 18.9. The lowest BCUT2D eigenvalue weighted by Crippen LogP contribution is -2.54. The van der Waals surface area contributed by atoms with Crippen LogP contribution < -0.4 is 45.3 Å². The van der Waals surface area contributed by atoms with Crippen molar-refractivity contribution in [3.8, 4) is 17.2 Å². The molecule has 0 aliphatic carbocycles. The first-order chi connectivity index (χ1) is 36.5. The summed E-state index contributed by atoms with van der Waals surface area (Å²) in [6, 6.07) is 21.8. The van der Waals surface area contributed by atoms with Gasteiger partial charge in [0.05, 0.1) is 30.6 Å². The molecule has 0 atom stereocenters. The Hall–Kier alpha value is -6.92. The second-order valence-corrected chi connectivity index (χ2v) is 25.1. The summed E-state index contributed by atoms with van der Waals surface area (Å²) in [5.74, 6) is -0.00209. The SMILES string of the molecule is COc1ccc2c(c1)c(CC(=O)NCCCCNC(=O)c1ccc(C3=c4cc5c6c(c4Oc4c3cc3c7c4C(C)(C)CCN7CCC3(C)C)C(C)(C)CC[N+]=6CCC5(C)C)c(C(=O)[O-])c1)c(C)n2C(=O)c1ccc(Cl)cc1. The largest absolute Gasteiger partial charge is 0.545 e. The van der Waals surface area contributed by atoms with E-state index in [0.29, 0.717) is 59.0 Å². The van der Waals surface area contributed by atoms with Crippen molar-refractivity contribution >= 4 is 57.5 Å². The average Bonchev–Trinajstić information content (AvgIpc) is 3.69. The lowest BCUT2D eigenvalue weighted by molar-refractivity contribution is -0.255. The van der Waals surface area contributed by atoms with Gasteiger partial charge in [-0.25, -0.2) is 4.58 Å². The fraction of sp³-hybridized carbons (Fsp3) is 0.422. The van der Waals surface area contributed by atoms with Gasteiger partial charge in [0.1, 0.15) is 30.3 Å². The van der Waals surface area contributed by atoms with E-state index >= 15 is 0 Å². The first-order valence-electron chi connectivity index (χ1n) is 27.4. The topological polar surface area (TPSA) is 145 Å². The normalized spacial score (nSPS) is 17.8. The van der Waals surface area contributed by atoms with Crippen LogP contribution in [0.15, 0.2) is 72.8 Å². The maximum Gasteiger partial charge on any atom is 0.262 e. The number of hydrogen-bond acceptors (Lipinski definition) is 8. The second-order valence-electron chi connectivity index (χ2n) is 24.7. The molecule has 12 nitrogen and oxygen atoms in total. The minimum atomic E-state index is -1.36. The van der Waals surface area contributed by atoms with E-state index in [-0.39, 0.29) is 51.0 Å². The number of carboxylic acid groups (broad SMARTS) is 1. The Bertz CT molecular complexity index is 3650. The minimum Gasteiger partial charge on any atom is -0.545 e. The van der Waals surface area contributed by atoms with Crippen LogP contribution in [-0.2, 0) is 32.9 Å². The van der Waals surface area contributed by atoms with Crippen LogP contribution in [0.4, 0.5) is 5.69 Å². The molecular weight excluding hydrogens is 986 g/mol. The molecule has 6 aromatic rings. The number of anilines is 1. The molecule has 11 rings (SSSR count). The van der Waals surface area contributed by atoms with Crippen molar-refractivity contribution in [3.63, 3.8) is 0 Å². The van der Waals surface area contributed by atoms with Crippen molar-refractivity contribution in [2.75, 3.05) is 51.3 Å². The number of nitrogens with one attached hydrogen (secondary N) is 2. The molecule has 2 amide bonds. The quantitative estimate of drug-likeness (QED) is 0.0913. The van der Waals surface area contributed by atoms with E-state index in [2.05, 4.69) is 87.6 Å². The molecule has 0 unspecified atom stereocenters. The number of nitrogens with zero attached hydrogens (tertiary/aromatic N) is 3. The number of methoxy groups -OCH3 is 1. The number of unbranched alkanes of at least 4 members (excludes halogenated alkanes) is 1. The molecule has 6 heterocycles. The van der Waals surface area contributed by atoms with Gasteiger partial charge in [-0.1, -0.05) is 73.1 Å². The highest BCUT2D eigenvalue weighted by molar-refractivity contribution is 6.30. The van der Waals surface area contributed by atoms with Crippen LogP contribution in [0.2, 0.25) is 5.02 Å². The van der Waals surface area contributed by atoms with Gasteiger partial charge >= 0.3 is 0 Å². The number of amides is 2. The number of carbonyl (C=O) groups excluding carboxylic acids is 4. The first-order valence-corrected chi connectivity index (χ1v) is 27.8. The molecule has 5 aliphatic rings. The van der Waals surface area contributed by atoms with Gasteiger partial charge in [-0.15, -0.1) is 0 Å². The van der Waals surface area contributed by atoms with Gasteiger partial charge in [0.2, 0.25) is 11.3 Å². The fourth-order valence-corrected chi connectivity index (χ4v) is 13.2. The first kappa shape index (κ1) is 52.1. The van der Waals surface area contributed by atoms with Crippen molar-refractivity contribution in [3.05, 3.63) is 150 Å². The summed E-state index contributed by atoms with van der Waals surface area (Å²) in [7, 11) is 1.58. The summed E-state index contributed by atoms with van der Waals surface area (Å²) in [4.78, 5) is 57.4. The number of fused-ring (bicyclic) bond motifs is 5. The molecule has 77 heavy (non-hydrogen) atoms. The number of ether oxygens (including phenoxy) is 2. The number of carboxylic acids is 1. The summed E-state index contributed by atoms with van der Waals surface area (Å²) >= 11 is 6.11. The molecule has 0 radical (unpaired) electrons. The average molecular weight is 1060 g/mol. The Morgan fingerprint density at radius 1 is 0.727 bits per heavy atom. The lowest BCUT2D eigenvalue weighted by Gasteiger charge is -2.49. The molecule has 400 valence electrons. The maximum atomic E-state index is 14.0. The van der Waals surface area contributed by atoms with Gasteiger partial charge < -0.3 is 34.9 Å². The minimum absolute atomic E-state index is 0.0448. The highest BCUT2D eigenvalue weighted by atomic mass is 35.5. The van der Waals surface area contributed by atoms with Gasteiger partial charge in [-0.2, -0.15) is 0 Å². The molecule has 0 spiro atoms. The summed E-state index contributed by atoms with van der Waals surface area (Å²) in [5, 5.41) is 23.1. The Labute approximate surface area is 456 Å². The smallest absolute Gasteiger partial charge is 0.262 e. The molecule has 13 heteroatoms. The van der Waals surface area contributed by atoms with Crippen molar-refractivity contribution in [2.24, 2.45) is 0 Å². The van der Waals surface area contributed by atoms with E-state index in [4.69, 9.17) is 21.1 Å². The zero-order valence-electron chi connectivity index (χ0n) is 46.2. The Balaban J connectivity index is 0.880. The summed E-state index contributed by atoms with van der Waals surface area (Å²) in [5.41, 5.74) is 10.2. The molecule has 0 bridgehead atoms. The Morgan fingerprint density at radius 3 is 2.08 bits per heavy atom. The predicted molar refractivity (Wildman–Crippen MR) is 301 cm³/mol. The van der Waals surface area contributed by atoms with Gasteiger partial charge in [-0.05, 0) is 127 Å². The van der Waals surface area contributed by atoms with Crippen LogP contribution in [0.1, 0.15) is 170 Å². The lowest BCUT2D eigenvalue weighted by atomic mass is 9.67. The highest BCUT2D eigenvalue weighted by Crippen LogP contribution is 2.57. The van der Waals surface area contributed by atoms with Crippen LogP contribution in [0, 0.1) is 6.92 Å². The molecule has 0 fully saturated rings. The molecular formula is C64H70ClN5O7. The summed E-state index contributed by atoms with van der Waals surface area (Å²) in [6.07, 6.45) is 5.06. The number of aromatic nitrogens is 1. The van der Waals surface area contributed by atoms with Crippen LogP contribution in [0.5, 0.6) is 17.2 Å². The number of halogens is 1. The molecule has 5 aliphatic heterocycles. The number of hydrogen-bond donors (Lipinski definition) is 2. The van der Waals surface area contributed by atoms with E-state index in [1.165, 1.54) is 39.4 Å². The fourth-order valence-electron chi connectivity index (χ4n) is 13.1. The zero-order valence-corrected chi connectivity index (χ0v) is 47.0. The van der Waals surface area contributed by atoms with Crippen molar-refractivity contribution in [1.29, 1.82) is 0 Å². The van der Waals surface area contributed by atoms with E-state index in [0.717, 1.165) is 90.7 Å². The summed E-state index contributed by atoms with van der Waals surface area (Å²) < 4.78 is 17.2. The monoisotopic (exact) mass is 1060 g/mol. The Kier molecular flexibility index (Phi) is 12.8. The van der Waals surface area contributed by atoms with Gasteiger partial charge in [0.25, 0.3) is 11.8 Å². The van der Waals surface area contributed by atoms with Crippen molar-refractivity contribution in [2.45, 2.75) is 129 Å². The number of carbonyl (C=O) groups is 4. The Morgan fingerprint density at radius 2 is 1.38 bits per heavy atom. The summed E-state index contributed by atoms with van der Waals surface area (Å²) in [6.45, 7) is 24.9. The van der Waals surface area contributed by atoms with E-state index < -0.39 is 11.9 Å². The van der Waals surface area contributed by atoms with E-state index in [1.807, 2.05) is 19.1 Å². The zero-order chi connectivity index (χ0) is 54.7. The molecule has 0 saturated carbocycles. The third kappa shape index (κ3) is 8.79. The van der Waals surface area contributed by atoms with Gasteiger partial charge in [0.15, 0.2) is 0 Å². The third-order valence-electron chi connectivity index (χ3n) is 17.9. The molecule has 5 aromatic carbocycles. The van der Waals surface area contributed by atoms with Crippen LogP contribution in [0.3, 0.4) is 0 Å². The third-order valence-corrected chi connectivity index (χ3v) is 18.1. The van der Waals surface area contributed by atoms with Gasteiger partial charge in [0, 0.05) is 116 Å². The highest BCUT2D eigenvalue weighted by Gasteiger charge is 2.48. The standard InChI is InChI=1S/C64H70ClN5O7/c1-36-42(43-32-40(76-10)18-20-49(43)70(36)59(73)37-13-16-39(65)17-14-37)35-50(71)66-25-11-12-26-67-58(72)38-15-19-41(44(31-38)60(74)75)51-45-33-47-54-52(63(6,7)23-29-68(54)27-21-61(47,2)3)56(45)77-57-46(51)34-48-55-53(57)64(8,9)24-30-69(55)28-22-62(48,4)5/h13-20,31-34H,11-12,21-30,35H2,1-10H3,(H2-,66,67,71,72,74,75). The van der Waals surface area contributed by atoms with Crippen LogP contribution >= 0.6 is 11.6 Å². The number of rotatable bonds is 12. The maximum absolute atomic E-state index is 14.0. The van der Waals surface area contributed by atoms with Crippen LogP contribution in [-0.4, -0.2) is 74.6 Å². The molecule has 0 saturated heterocycles. The van der Waals surface area contributed by atoms with E-state index in [1.54, 1.807) is 54.1 Å². The molecule has 1 aromatic heterocycles. The van der Waals surface area contributed by atoms with Crippen LogP contribution in [0.25, 0.3) is 16.5 Å². The van der Waals surface area contributed by atoms with Crippen molar-refractivity contribution < 1.29 is 33.8 Å². The van der Waals surface area contributed by atoms with Crippen molar-refractivity contribution in [1.82, 2.24) is 19.8 Å². The van der Waals surface area contributed by atoms with Gasteiger partial charge in [-0.3, -0.25) is 19.0 Å². The number of benzene rings is 5.